The van der Waals surface area contributed by atoms with Crippen LogP contribution in [-0.4, -0.2) is 36.2 Å². The summed E-state index contributed by atoms with van der Waals surface area (Å²) in [6.07, 6.45) is 1.67. The van der Waals surface area contributed by atoms with Crippen molar-refractivity contribution in [1.29, 1.82) is 0 Å². The zero-order chi connectivity index (χ0) is 14.0. The summed E-state index contributed by atoms with van der Waals surface area (Å²) in [6.45, 7) is 0. The van der Waals surface area contributed by atoms with Gasteiger partial charge in [-0.05, 0) is 46.4 Å². The van der Waals surface area contributed by atoms with Gasteiger partial charge in [0.1, 0.15) is 0 Å². The van der Waals surface area contributed by atoms with Crippen LogP contribution in [0, 0.1) is 0 Å². The standard InChI is InChI=1S/C7H3Cl4N6OS/c1-19(7-16-4(10)13-5(11)17-7)18-6-14-2(8)12-3(9)15-6/h1H3/q+1. The molecule has 0 aliphatic rings. The Hall–Kier alpha value is -0.670. The smallest absolute Gasteiger partial charge is 0.235 e. The van der Waals surface area contributed by atoms with Gasteiger partial charge in [0.15, 0.2) is 6.26 Å². The molecule has 2 aromatic rings. The number of halogens is 4. The summed E-state index contributed by atoms with van der Waals surface area (Å²) in [6, 6.07) is -0.0523. The van der Waals surface area contributed by atoms with Crippen molar-refractivity contribution in [3.05, 3.63) is 21.1 Å². The van der Waals surface area contributed by atoms with E-state index in [1.807, 2.05) is 0 Å². The van der Waals surface area contributed by atoms with Crippen LogP contribution in [0.25, 0.3) is 0 Å². The van der Waals surface area contributed by atoms with Crippen molar-refractivity contribution in [3.63, 3.8) is 0 Å². The highest BCUT2D eigenvalue weighted by molar-refractivity contribution is 7.91. The van der Waals surface area contributed by atoms with E-state index in [0.29, 0.717) is 0 Å². The van der Waals surface area contributed by atoms with Gasteiger partial charge in [0.25, 0.3) is 11.2 Å². The number of hydrogen-bond donors (Lipinski definition) is 0. The van der Waals surface area contributed by atoms with E-state index < -0.39 is 11.2 Å². The van der Waals surface area contributed by atoms with Crippen LogP contribution in [0.4, 0.5) is 0 Å². The van der Waals surface area contributed by atoms with Gasteiger partial charge < -0.3 is 0 Å². The van der Waals surface area contributed by atoms with E-state index in [-0.39, 0.29) is 32.3 Å². The molecule has 0 spiro atoms. The zero-order valence-corrected chi connectivity index (χ0v) is 12.9. The molecule has 1 atom stereocenters. The van der Waals surface area contributed by atoms with Gasteiger partial charge in [-0.2, -0.15) is 19.9 Å². The molecule has 2 heterocycles. The Morgan fingerprint density at radius 1 is 0.737 bits per heavy atom. The predicted octanol–water partition coefficient (Wildman–Crippen LogP) is 2.27. The Kier molecular flexibility index (Phi) is 4.80. The Morgan fingerprint density at radius 2 is 1.16 bits per heavy atom. The van der Waals surface area contributed by atoms with Gasteiger partial charge in [-0.25, -0.2) is 4.18 Å². The summed E-state index contributed by atoms with van der Waals surface area (Å²) in [5.74, 6) is 0. The number of aromatic nitrogens is 6. The fourth-order valence-corrected chi connectivity index (χ4v) is 2.55. The minimum atomic E-state index is -0.923. The number of nitrogens with zero attached hydrogens (tertiary/aromatic N) is 6. The second-order valence-electron chi connectivity index (χ2n) is 2.85. The Balaban J connectivity index is 2.22. The van der Waals surface area contributed by atoms with Crippen LogP contribution >= 0.6 is 46.4 Å². The summed E-state index contributed by atoms with van der Waals surface area (Å²) < 4.78 is 5.40. The number of rotatable bonds is 3. The first-order chi connectivity index (χ1) is 8.94. The average molecular weight is 361 g/mol. The Labute approximate surface area is 130 Å². The molecule has 12 heteroatoms. The highest BCUT2D eigenvalue weighted by Crippen LogP contribution is 2.17. The van der Waals surface area contributed by atoms with E-state index in [1.165, 1.54) is 0 Å². The lowest BCUT2D eigenvalue weighted by atomic mass is 11.0. The van der Waals surface area contributed by atoms with E-state index in [4.69, 9.17) is 50.6 Å². The first kappa shape index (κ1) is 14.7. The van der Waals surface area contributed by atoms with Crippen molar-refractivity contribution < 1.29 is 4.18 Å². The molecule has 0 saturated carbocycles. The molecule has 0 bridgehead atoms. The summed E-state index contributed by atoms with van der Waals surface area (Å²) in [5.41, 5.74) is 0. The first-order valence-corrected chi connectivity index (χ1v) is 7.49. The predicted molar refractivity (Wildman–Crippen MR) is 71.9 cm³/mol. The molecule has 2 rings (SSSR count). The van der Waals surface area contributed by atoms with E-state index in [2.05, 4.69) is 29.9 Å². The fourth-order valence-electron chi connectivity index (χ4n) is 0.933. The quantitative estimate of drug-likeness (QED) is 0.776. The highest BCUT2D eigenvalue weighted by atomic mass is 35.5. The molecule has 0 aliphatic carbocycles. The van der Waals surface area contributed by atoms with Gasteiger partial charge in [-0.15, -0.1) is 9.97 Å². The third-order valence-electron chi connectivity index (χ3n) is 1.58. The molecular formula is C7H3Cl4N6OS+. The van der Waals surface area contributed by atoms with E-state index in [9.17, 15) is 0 Å². The van der Waals surface area contributed by atoms with Gasteiger partial charge in [-0.3, -0.25) is 0 Å². The van der Waals surface area contributed by atoms with E-state index in [0.717, 1.165) is 0 Å². The summed E-state index contributed by atoms with van der Waals surface area (Å²) in [4.78, 5) is 22.5. The lowest BCUT2D eigenvalue weighted by Crippen LogP contribution is -2.15. The van der Waals surface area contributed by atoms with Gasteiger partial charge in [0, 0.05) is 0 Å². The molecule has 0 fully saturated rings. The highest BCUT2D eigenvalue weighted by Gasteiger charge is 2.27. The molecule has 100 valence electrons. The third-order valence-corrected chi connectivity index (χ3v) is 3.35. The van der Waals surface area contributed by atoms with Crippen molar-refractivity contribution in [2.24, 2.45) is 0 Å². The van der Waals surface area contributed by atoms with Crippen LogP contribution in [0.15, 0.2) is 5.16 Å². The fraction of sp³-hybridized carbons (Fsp3) is 0.143. The van der Waals surface area contributed by atoms with Gasteiger partial charge in [0.05, 0.1) is 0 Å². The topological polar surface area (TPSA) is 86.6 Å². The molecule has 0 N–H and O–H groups in total. The lowest BCUT2D eigenvalue weighted by Gasteiger charge is -2.00. The molecular weight excluding hydrogens is 358 g/mol. The second kappa shape index (κ2) is 6.19. The molecule has 0 radical (unpaired) electrons. The summed E-state index contributed by atoms with van der Waals surface area (Å²) in [5, 5.41) is 0.00408. The van der Waals surface area contributed by atoms with Crippen molar-refractivity contribution in [1.82, 2.24) is 29.9 Å². The maximum atomic E-state index is 5.67. The molecule has 2 aromatic heterocycles. The molecule has 7 nitrogen and oxygen atoms in total. The van der Waals surface area contributed by atoms with Crippen molar-refractivity contribution in [2.45, 2.75) is 5.16 Å². The summed E-state index contributed by atoms with van der Waals surface area (Å²) >= 11 is 21.7. The lowest BCUT2D eigenvalue weighted by molar-refractivity contribution is 0.560. The van der Waals surface area contributed by atoms with Crippen LogP contribution in [-0.2, 0) is 11.2 Å². The maximum Gasteiger partial charge on any atom is 0.396 e. The minimum absolute atomic E-state index is 0.0374. The van der Waals surface area contributed by atoms with E-state index in [1.54, 1.807) is 6.26 Å². The third kappa shape index (κ3) is 4.15. The second-order valence-corrected chi connectivity index (χ2v) is 5.64. The maximum absolute atomic E-state index is 5.67. The zero-order valence-electron chi connectivity index (χ0n) is 9.01. The van der Waals surface area contributed by atoms with Crippen LogP contribution in [0.5, 0.6) is 6.01 Å². The van der Waals surface area contributed by atoms with Gasteiger partial charge in [0.2, 0.25) is 21.1 Å². The Bertz CT molecular complexity index is 576. The monoisotopic (exact) mass is 359 g/mol. The van der Waals surface area contributed by atoms with E-state index >= 15 is 0 Å². The molecule has 19 heavy (non-hydrogen) atoms. The molecule has 0 amide bonds. The Morgan fingerprint density at radius 3 is 1.63 bits per heavy atom. The molecule has 0 aromatic carbocycles. The van der Waals surface area contributed by atoms with Crippen LogP contribution in [0.2, 0.25) is 21.1 Å². The van der Waals surface area contributed by atoms with Crippen molar-refractivity contribution in [3.8, 4) is 6.01 Å². The first-order valence-electron chi connectivity index (χ1n) is 4.42. The van der Waals surface area contributed by atoms with Crippen molar-refractivity contribution in [2.75, 3.05) is 6.26 Å². The van der Waals surface area contributed by atoms with Gasteiger partial charge in [-0.1, -0.05) is 0 Å². The largest absolute Gasteiger partial charge is 0.396 e. The minimum Gasteiger partial charge on any atom is -0.235 e. The van der Waals surface area contributed by atoms with Crippen LogP contribution in [0.3, 0.4) is 0 Å². The van der Waals surface area contributed by atoms with Crippen LogP contribution < -0.4 is 4.18 Å². The average Bonchev–Trinajstić information content (AvgIpc) is 2.25. The SMILES string of the molecule is C[S+](Oc1nc(Cl)nc(Cl)n1)c1nc(Cl)nc(Cl)n1. The molecule has 1 unspecified atom stereocenters. The van der Waals surface area contributed by atoms with Crippen molar-refractivity contribution >= 4 is 57.6 Å². The molecule has 0 aliphatic heterocycles. The summed E-state index contributed by atoms with van der Waals surface area (Å²) in [7, 11) is 0. The number of hydrogen-bond acceptors (Lipinski definition) is 7. The van der Waals surface area contributed by atoms with Crippen LogP contribution in [0.1, 0.15) is 0 Å². The normalized spacial score (nSPS) is 12.3. The van der Waals surface area contributed by atoms with Gasteiger partial charge >= 0.3 is 11.2 Å². The molecule has 0 saturated heterocycles.